The van der Waals surface area contributed by atoms with Gasteiger partial charge in [0.2, 0.25) is 0 Å². The van der Waals surface area contributed by atoms with E-state index in [2.05, 4.69) is 41.6 Å². The summed E-state index contributed by atoms with van der Waals surface area (Å²) >= 11 is 12.3. The van der Waals surface area contributed by atoms with Gasteiger partial charge in [0, 0.05) is 17.5 Å². The Morgan fingerprint density at radius 3 is 2.66 bits per heavy atom. The van der Waals surface area contributed by atoms with Gasteiger partial charge in [0.05, 0.1) is 11.3 Å². The fraction of sp³-hybridized carbons (Fsp3) is 0.409. The number of nitrogens with one attached hydrogen (secondary N) is 1. The van der Waals surface area contributed by atoms with Crippen LogP contribution in [-0.2, 0) is 6.42 Å². The van der Waals surface area contributed by atoms with E-state index in [4.69, 9.17) is 23.2 Å². The van der Waals surface area contributed by atoms with Gasteiger partial charge in [-0.3, -0.25) is 4.79 Å². The van der Waals surface area contributed by atoms with Gasteiger partial charge in [-0.15, -0.1) is 21.8 Å². The van der Waals surface area contributed by atoms with Crippen molar-refractivity contribution < 1.29 is 0 Å². The molecule has 0 spiro atoms. The Morgan fingerprint density at radius 2 is 2.00 bits per heavy atom. The molecule has 0 saturated heterocycles. The molecule has 0 radical (unpaired) electrons. The largest absolute Gasteiger partial charge is 0.321 e. The molecule has 0 bridgehead atoms. The van der Waals surface area contributed by atoms with Gasteiger partial charge in [0.25, 0.3) is 5.56 Å². The Labute approximate surface area is 180 Å². The standard InChI is InChI=1S/C22H24Cl2N4O/c1-13(2)11-19-22(29)28-21(27-26-19)20(15-5-9-17(24)10-6-15)18(12-25-28)14-3-7-16(23)8-4-14/h3-7,9-10,13,16,18,20,25H,8,11-12H2,1-2H3. The van der Waals surface area contributed by atoms with Gasteiger partial charge in [0.1, 0.15) is 5.69 Å². The Hall–Kier alpha value is -2.11. The van der Waals surface area contributed by atoms with Crippen molar-refractivity contribution >= 4 is 23.2 Å². The van der Waals surface area contributed by atoms with Crippen LogP contribution in [0.5, 0.6) is 0 Å². The van der Waals surface area contributed by atoms with Crippen LogP contribution < -0.4 is 11.0 Å². The van der Waals surface area contributed by atoms with E-state index < -0.39 is 0 Å². The van der Waals surface area contributed by atoms with Gasteiger partial charge >= 0.3 is 0 Å². The summed E-state index contributed by atoms with van der Waals surface area (Å²) in [5.74, 6) is 0.967. The van der Waals surface area contributed by atoms with Crippen molar-refractivity contribution in [2.75, 3.05) is 12.0 Å². The average molecular weight is 431 g/mol. The predicted octanol–water partition coefficient (Wildman–Crippen LogP) is 4.29. The van der Waals surface area contributed by atoms with E-state index in [1.165, 1.54) is 5.57 Å². The minimum absolute atomic E-state index is 0.0255. The van der Waals surface area contributed by atoms with Crippen LogP contribution in [0.2, 0.25) is 5.02 Å². The SMILES string of the molecule is CC(C)Cc1nnc2n(c1=O)NCC(C1=CCC(Cl)C=C1)C2c1ccc(Cl)cc1. The zero-order valence-corrected chi connectivity index (χ0v) is 18.0. The maximum absolute atomic E-state index is 13.0. The van der Waals surface area contributed by atoms with Crippen LogP contribution in [-0.4, -0.2) is 26.8 Å². The molecule has 3 unspecified atom stereocenters. The molecule has 0 saturated carbocycles. The fourth-order valence-electron chi connectivity index (χ4n) is 4.04. The normalized spacial score (nSPS) is 23.5. The van der Waals surface area contributed by atoms with Gasteiger partial charge in [-0.1, -0.05) is 55.8 Å². The number of fused-ring (bicyclic) bond motifs is 1. The minimum Gasteiger partial charge on any atom is -0.321 e. The van der Waals surface area contributed by atoms with Crippen LogP contribution in [0.3, 0.4) is 0 Å². The number of alkyl halides is 1. The molecule has 2 heterocycles. The van der Waals surface area contributed by atoms with Crippen LogP contribution in [0, 0.1) is 11.8 Å². The molecule has 5 nitrogen and oxygen atoms in total. The molecule has 3 atom stereocenters. The molecule has 152 valence electrons. The van der Waals surface area contributed by atoms with E-state index >= 15 is 0 Å². The number of nitrogens with zero attached hydrogens (tertiary/aromatic N) is 3. The summed E-state index contributed by atoms with van der Waals surface area (Å²) in [7, 11) is 0. The van der Waals surface area contributed by atoms with E-state index in [9.17, 15) is 4.79 Å². The number of benzene rings is 1. The topological polar surface area (TPSA) is 59.8 Å². The molecule has 1 N–H and O–H groups in total. The van der Waals surface area contributed by atoms with Crippen LogP contribution in [0.15, 0.2) is 52.9 Å². The number of hydrogen-bond acceptors (Lipinski definition) is 4. The van der Waals surface area contributed by atoms with Gasteiger partial charge in [0.15, 0.2) is 5.82 Å². The number of aromatic nitrogens is 3. The third kappa shape index (κ3) is 4.12. The molecule has 1 aromatic carbocycles. The molecule has 0 amide bonds. The first-order chi connectivity index (χ1) is 13.9. The van der Waals surface area contributed by atoms with E-state index in [0.29, 0.717) is 35.4 Å². The lowest BCUT2D eigenvalue weighted by Gasteiger charge is -2.35. The lowest BCUT2D eigenvalue weighted by atomic mass is 9.78. The molecule has 4 rings (SSSR count). The molecule has 2 aromatic rings. The molecule has 2 aliphatic rings. The second-order valence-electron chi connectivity index (χ2n) is 8.06. The molecular weight excluding hydrogens is 407 g/mol. The first kappa shape index (κ1) is 20.2. The van der Waals surface area contributed by atoms with Crippen molar-refractivity contribution in [1.29, 1.82) is 0 Å². The molecule has 0 fully saturated rings. The molecule has 7 heteroatoms. The van der Waals surface area contributed by atoms with Crippen molar-refractivity contribution in [2.24, 2.45) is 11.8 Å². The van der Waals surface area contributed by atoms with Crippen molar-refractivity contribution in [3.05, 3.63) is 80.5 Å². The van der Waals surface area contributed by atoms with Crippen molar-refractivity contribution in [2.45, 2.75) is 38.0 Å². The highest BCUT2D eigenvalue weighted by molar-refractivity contribution is 6.30. The summed E-state index contributed by atoms with van der Waals surface area (Å²) in [4.78, 5) is 13.0. The number of halogens is 2. The summed E-state index contributed by atoms with van der Waals surface area (Å²) in [6.45, 7) is 4.75. The maximum Gasteiger partial charge on any atom is 0.294 e. The number of hydrogen-bond donors (Lipinski definition) is 1. The lowest BCUT2D eigenvalue weighted by molar-refractivity contribution is 0.441. The lowest BCUT2D eigenvalue weighted by Crippen LogP contribution is -2.45. The minimum atomic E-state index is -0.116. The molecule has 29 heavy (non-hydrogen) atoms. The molecule has 1 aliphatic heterocycles. The summed E-state index contributed by atoms with van der Waals surface area (Å²) < 4.78 is 1.58. The molecular formula is C22H24Cl2N4O. The van der Waals surface area contributed by atoms with Gasteiger partial charge < -0.3 is 5.43 Å². The highest BCUT2D eigenvalue weighted by Gasteiger charge is 2.36. The van der Waals surface area contributed by atoms with Crippen molar-refractivity contribution in [3.8, 4) is 0 Å². The molecule has 1 aromatic heterocycles. The first-order valence-corrected chi connectivity index (χ1v) is 10.8. The van der Waals surface area contributed by atoms with Crippen LogP contribution in [0.4, 0.5) is 0 Å². The van der Waals surface area contributed by atoms with E-state index in [1.54, 1.807) is 4.68 Å². The Balaban J connectivity index is 1.81. The Bertz CT molecular complexity index is 1010. The third-order valence-electron chi connectivity index (χ3n) is 5.44. The Morgan fingerprint density at radius 1 is 1.24 bits per heavy atom. The highest BCUT2D eigenvalue weighted by Crippen LogP contribution is 2.39. The van der Waals surface area contributed by atoms with Crippen LogP contribution >= 0.6 is 23.2 Å². The number of allylic oxidation sites excluding steroid dienone is 3. The number of rotatable bonds is 4. The maximum atomic E-state index is 13.0. The zero-order valence-electron chi connectivity index (χ0n) is 16.5. The van der Waals surface area contributed by atoms with Gasteiger partial charge in [-0.25, -0.2) is 4.68 Å². The average Bonchev–Trinajstić information content (AvgIpc) is 2.70. The smallest absolute Gasteiger partial charge is 0.294 e. The van der Waals surface area contributed by atoms with E-state index in [1.807, 2.05) is 30.3 Å². The summed E-state index contributed by atoms with van der Waals surface area (Å²) in [5.41, 5.74) is 5.91. The zero-order chi connectivity index (χ0) is 20.5. The second-order valence-corrected chi connectivity index (χ2v) is 9.05. The molecule has 1 aliphatic carbocycles. The summed E-state index contributed by atoms with van der Waals surface area (Å²) in [6, 6.07) is 7.75. The highest BCUT2D eigenvalue weighted by atomic mass is 35.5. The van der Waals surface area contributed by atoms with Crippen molar-refractivity contribution in [3.63, 3.8) is 0 Å². The quantitative estimate of drug-likeness (QED) is 0.734. The second kappa shape index (κ2) is 8.33. The van der Waals surface area contributed by atoms with Gasteiger partial charge in [-0.05, 0) is 42.0 Å². The fourth-order valence-corrected chi connectivity index (χ4v) is 4.32. The van der Waals surface area contributed by atoms with E-state index in [-0.39, 0.29) is 22.8 Å². The third-order valence-corrected chi connectivity index (χ3v) is 6.01. The monoisotopic (exact) mass is 430 g/mol. The Kier molecular flexibility index (Phi) is 5.79. The summed E-state index contributed by atoms with van der Waals surface area (Å²) in [6.07, 6.45) is 7.69. The van der Waals surface area contributed by atoms with Crippen LogP contribution in [0.25, 0.3) is 0 Å². The van der Waals surface area contributed by atoms with E-state index in [0.717, 1.165) is 12.0 Å². The van der Waals surface area contributed by atoms with Crippen LogP contribution in [0.1, 0.15) is 43.3 Å². The predicted molar refractivity (Wildman–Crippen MR) is 117 cm³/mol. The van der Waals surface area contributed by atoms with Gasteiger partial charge in [-0.2, -0.15) is 0 Å². The van der Waals surface area contributed by atoms with Crippen molar-refractivity contribution in [1.82, 2.24) is 14.9 Å². The first-order valence-electron chi connectivity index (χ1n) is 9.94. The summed E-state index contributed by atoms with van der Waals surface area (Å²) in [5, 5.41) is 9.53.